The van der Waals surface area contributed by atoms with E-state index in [1.54, 1.807) is 11.8 Å². The zero-order valence-corrected chi connectivity index (χ0v) is 20.4. The van der Waals surface area contributed by atoms with Crippen molar-refractivity contribution < 1.29 is 9.15 Å². The molecule has 4 rings (SSSR count). The summed E-state index contributed by atoms with van der Waals surface area (Å²) in [6.45, 7) is 7.71. The maximum atomic E-state index is 6.18. The quantitative estimate of drug-likeness (QED) is 0.338. The second-order valence-corrected chi connectivity index (χ2v) is 9.29. The van der Waals surface area contributed by atoms with Crippen LogP contribution in [0.15, 0.2) is 63.9 Å². The fourth-order valence-corrected chi connectivity index (χ4v) is 4.85. The van der Waals surface area contributed by atoms with Crippen LogP contribution in [0.1, 0.15) is 25.1 Å². The first-order valence-corrected chi connectivity index (χ1v) is 12.8. The van der Waals surface area contributed by atoms with Gasteiger partial charge in [0.2, 0.25) is 0 Å². The summed E-state index contributed by atoms with van der Waals surface area (Å²) in [5.74, 6) is 0.930. The van der Waals surface area contributed by atoms with Gasteiger partial charge in [0.05, 0.1) is 19.3 Å². The molecule has 3 aromatic rings. The Morgan fingerprint density at radius 3 is 2.75 bits per heavy atom. The average Bonchev–Trinajstić information content (AvgIpc) is 3.26. The van der Waals surface area contributed by atoms with Gasteiger partial charge in [-0.2, -0.15) is 0 Å². The summed E-state index contributed by atoms with van der Waals surface area (Å²) < 4.78 is 11.7. The zero-order valence-electron chi connectivity index (χ0n) is 18.8. The van der Waals surface area contributed by atoms with Crippen LogP contribution in [0.5, 0.6) is 0 Å². The Balaban J connectivity index is 1.49. The third-order valence-corrected chi connectivity index (χ3v) is 6.94. The molecule has 1 aliphatic heterocycles. The van der Waals surface area contributed by atoms with Crippen LogP contribution in [0.4, 0.5) is 5.69 Å². The van der Waals surface area contributed by atoms with E-state index in [1.165, 1.54) is 4.90 Å². The van der Waals surface area contributed by atoms with E-state index in [4.69, 9.17) is 21.4 Å². The molecule has 1 fully saturated rings. The lowest BCUT2D eigenvalue weighted by atomic mass is 10.2. The number of ether oxygens (including phenoxy) is 1. The van der Waals surface area contributed by atoms with Crippen LogP contribution in [0.3, 0.4) is 0 Å². The molecule has 0 spiro atoms. The Labute approximate surface area is 200 Å². The molecule has 0 amide bonds. The maximum absolute atomic E-state index is 6.18. The van der Waals surface area contributed by atoms with Gasteiger partial charge < -0.3 is 19.4 Å². The largest absolute Gasteiger partial charge is 0.459 e. The number of hydrogen-bond acceptors (Lipinski definition) is 5. The lowest BCUT2D eigenvalue weighted by Gasteiger charge is -2.32. The highest BCUT2D eigenvalue weighted by atomic mass is 32.2. The Morgan fingerprint density at radius 2 is 1.97 bits per heavy atom. The van der Waals surface area contributed by atoms with Crippen molar-refractivity contribution in [3.8, 4) is 0 Å². The number of nitrogens with one attached hydrogen (secondary N) is 1. The Bertz CT molecular complexity index is 1000. The van der Waals surface area contributed by atoms with Crippen molar-refractivity contribution in [2.24, 2.45) is 0 Å². The van der Waals surface area contributed by atoms with Crippen LogP contribution in [-0.4, -0.2) is 60.6 Å². The standard InChI is InChI=1S/C25H31N3O2S2/c1-19(24-17-20-7-3-4-10-23(20)30-24)28(12-6-11-27-13-15-29-16-14-27)25(31)26-21-8-5-9-22(18-21)32-2/h3-5,7-10,17-19H,6,11-16H2,1-2H3,(H,26,31). The first-order valence-electron chi connectivity index (χ1n) is 11.1. The molecular formula is C25H31N3O2S2. The molecular weight excluding hydrogens is 438 g/mol. The van der Waals surface area contributed by atoms with Gasteiger partial charge in [0, 0.05) is 42.1 Å². The summed E-state index contributed by atoms with van der Waals surface area (Å²) in [5.41, 5.74) is 1.92. The summed E-state index contributed by atoms with van der Waals surface area (Å²) in [6.07, 6.45) is 3.11. The van der Waals surface area contributed by atoms with E-state index in [0.717, 1.165) is 73.3 Å². The van der Waals surface area contributed by atoms with Gasteiger partial charge in [0.1, 0.15) is 11.3 Å². The third-order valence-electron chi connectivity index (χ3n) is 5.88. The smallest absolute Gasteiger partial charge is 0.174 e. The van der Waals surface area contributed by atoms with Gasteiger partial charge in [-0.1, -0.05) is 24.3 Å². The van der Waals surface area contributed by atoms with Crippen molar-refractivity contribution in [1.29, 1.82) is 0 Å². The number of nitrogens with zero attached hydrogens (tertiary/aromatic N) is 2. The first kappa shape index (κ1) is 23.1. The van der Waals surface area contributed by atoms with Gasteiger partial charge in [-0.3, -0.25) is 4.90 Å². The highest BCUT2D eigenvalue weighted by Crippen LogP contribution is 2.28. The fraction of sp³-hybridized carbons (Fsp3) is 0.400. The molecule has 5 nitrogen and oxygen atoms in total. The Morgan fingerprint density at radius 1 is 1.16 bits per heavy atom. The maximum Gasteiger partial charge on any atom is 0.174 e. The minimum absolute atomic E-state index is 0.0239. The van der Waals surface area contributed by atoms with Crippen LogP contribution in [0.25, 0.3) is 11.0 Å². The summed E-state index contributed by atoms with van der Waals surface area (Å²) >= 11 is 7.62. The molecule has 7 heteroatoms. The summed E-state index contributed by atoms with van der Waals surface area (Å²) in [6, 6.07) is 18.7. The molecule has 1 aliphatic rings. The van der Waals surface area contributed by atoms with E-state index in [2.05, 4.69) is 64.7 Å². The molecule has 2 heterocycles. The predicted octanol–water partition coefficient (Wildman–Crippen LogP) is 5.64. The molecule has 2 aromatic carbocycles. The molecule has 32 heavy (non-hydrogen) atoms. The first-order chi connectivity index (χ1) is 15.6. The fourth-order valence-electron chi connectivity index (χ4n) is 4.02. The Kier molecular flexibility index (Phi) is 8.08. The van der Waals surface area contributed by atoms with Crippen LogP contribution in [-0.2, 0) is 4.74 Å². The number of anilines is 1. The van der Waals surface area contributed by atoms with Gasteiger partial charge in [0.15, 0.2) is 5.11 Å². The van der Waals surface area contributed by atoms with Crippen molar-refractivity contribution in [2.75, 3.05) is 51.0 Å². The number of hydrogen-bond donors (Lipinski definition) is 1. The average molecular weight is 470 g/mol. The summed E-state index contributed by atoms with van der Waals surface area (Å²) in [4.78, 5) is 5.92. The van der Waals surface area contributed by atoms with E-state index >= 15 is 0 Å². The van der Waals surface area contributed by atoms with Crippen molar-refractivity contribution in [2.45, 2.75) is 24.3 Å². The molecule has 1 unspecified atom stereocenters. The minimum atomic E-state index is 0.0239. The van der Waals surface area contributed by atoms with Crippen LogP contribution in [0.2, 0.25) is 0 Å². The molecule has 1 atom stereocenters. The number of morpholine rings is 1. The highest BCUT2D eigenvalue weighted by molar-refractivity contribution is 7.98. The normalized spacial score (nSPS) is 15.6. The van der Waals surface area contributed by atoms with E-state index in [1.807, 2.05) is 18.2 Å². The predicted molar refractivity (Wildman–Crippen MR) is 138 cm³/mol. The second kappa shape index (κ2) is 11.2. The van der Waals surface area contributed by atoms with Gasteiger partial charge in [-0.05, 0) is 62.2 Å². The van der Waals surface area contributed by atoms with Crippen LogP contribution >= 0.6 is 24.0 Å². The van der Waals surface area contributed by atoms with Gasteiger partial charge in [0.25, 0.3) is 0 Å². The SMILES string of the molecule is CSc1cccc(NC(=S)N(CCCN2CCOCC2)C(C)c2cc3ccccc3o2)c1. The molecule has 0 bridgehead atoms. The van der Waals surface area contributed by atoms with E-state index in [-0.39, 0.29) is 6.04 Å². The molecule has 170 valence electrons. The highest BCUT2D eigenvalue weighted by Gasteiger charge is 2.23. The van der Waals surface area contributed by atoms with Crippen LogP contribution < -0.4 is 5.32 Å². The molecule has 1 N–H and O–H groups in total. The number of thioether (sulfide) groups is 1. The monoisotopic (exact) mass is 469 g/mol. The number of thiocarbonyl (C=S) groups is 1. The van der Waals surface area contributed by atoms with Gasteiger partial charge in [-0.25, -0.2) is 0 Å². The van der Waals surface area contributed by atoms with E-state index in [0.29, 0.717) is 0 Å². The lowest BCUT2D eigenvalue weighted by Crippen LogP contribution is -2.41. The van der Waals surface area contributed by atoms with E-state index in [9.17, 15) is 0 Å². The molecule has 0 saturated carbocycles. The van der Waals surface area contributed by atoms with Gasteiger partial charge in [-0.15, -0.1) is 11.8 Å². The second-order valence-electron chi connectivity index (χ2n) is 8.03. The third kappa shape index (κ3) is 5.84. The summed E-state index contributed by atoms with van der Waals surface area (Å²) in [5, 5.41) is 5.30. The zero-order chi connectivity index (χ0) is 22.3. The molecule has 0 aliphatic carbocycles. The topological polar surface area (TPSA) is 40.9 Å². The number of benzene rings is 2. The molecule has 1 aromatic heterocycles. The van der Waals surface area contributed by atoms with Crippen molar-refractivity contribution >= 4 is 45.7 Å². The summed E-state index contributed by atoms with van der Waals surface area (Å²) in [7, 11) is 0. The Hall–Kier alpha value is -2.06. The minimum Gasteiger partial charge on any atom is -0.459 e. The number of rotatable bonds is 8. The van der Waals surface area contributed by atoms with Crippen molar-refractivity contribution in [3.05, 3.63) is 60.4 Å². The molecule has 1 saturated heterocycles. The number of fused-ring (bicyclic) bond motifs is 1. The molecule has 0 radical (unpaired) electrons. The lowest BCUT2D eigenvalue weighted by molar-refractivity contribution is 0.0365. The number of furan rings is 1. The van der Waals surface area contributed by atoms with Crippen LogP contribution in [0, 0.1) is 0 Å². The van der Waals surface area contributed by atoms with Gasteiger partial charge >= 0.3 is 0 Å². The van der Waals surface area contributed by atoms with Crippen molar-refractivity contribution in [3.63, 3.8) is 0 Å². The van der Waals surface area contributed by atoms with Crippen molar-refractivity contribution in [1.82, 2.24) is 9.80 Å². The number of para-hydroxylation sites is 1. The van der Waals surface area contributed by atoms with E-state index < -0.39 is 0 Å².